The van der Waals surface area contributed by atoms with E-state index in [0.717, 1.165) is 16.6 Å². The predicted octanol–water partition coefficient (Wildman–Crippen LogP) is 1.73. The first kappa shape index (κ1) is 11.5. The van der Waals surface area contributed by atoms with Gasteiger partial charge >= 0.3 is 5.82 Å². The molecule has 0 amide bonds. The fourth-order valence-corrected chi connectivity index (χ4v) is 2.21. The quantitative estimate of drug-likeness (QED) is 0.647. The summed E-state index contributed by atoms with van der Waals surface area (Å²) in [5, 5.41) is 14.4. The van der Waals surface area contributed by atoms with Gasteiger partial charge in [0, 0.05) is 17.6 Å². The maximum atomic E-state index is 10.5. The minimum atomic E-state index is -0.507. The van der Waals surface area contributed by atoms with Crippen molar-refractivity contribution < 1.29 is 4.92 Å². The Bertz CT molecular complexity index is 521. The molecule has 7 nitrogen and oxygen atoms in total. The van der Waals surface area contributed by atoms with Crippen LogP contribution in [-0.2, 0) is 6.54 Å². The van der Waals surface area contributed by atoms with Crippen molar-refractivity contribution >= 4 is 22.3 Å². The van der Waals surface area contributed by atoms with Crippen molar-refractivity contribution in [3.05, 3.63) is 33.7 Å². The lowest BCUT2D eigenvalue weighted by molar-refractivity contribution is -0.389. The highest BCUT2D eigenvalue weighted by molar-refractivity contribution is 7.15. The lowest BCUT2D eigenvalue weighted by Crippen LogP contribution is -1.94. The maximum Gasteiger partial charge on any atom is 0.381 e. The molecule has 0 aliphatic heterocycles. The molecule has 0 radical (unpaired) electrons. The minimum Gasteiger partial charge on any atom is -0.362 e. The van der Waals surface area contributed by atoms with Crippen molar-refractivity contribution in [3.8, 4) is 0 Å². The molecule has 0 saturated heterocycles. The van der Waals surface area contributed by atoms with Crippen molar-refractivity contribution in [2.24, 2.45) is 0 Å². The molecule has 0 aliphatic rings. The molecule has 0 aliphatic carbocycles. The van der Waals surface area contributed by atoms with Crippen molar-refractivity contribution in [1.82, 2.24) is 14.5 Å². The third kappa shape index (κ3) is 2.78. The summed E-state index contributed by atoms with van der Waals surface area (Å²) in [4.78, 5) is 18.9. The summed E-state index contributed by atoms with van der Waals surface area (Å²) in [7, 11) is 0. The van der Waals surface area contributed by atoms with Gasteiger partial charge in [-0.3, -0.25) is 0 Å². The van der Waals surface area contributed by atoms with Crippen molar-refractivity contribution in [3.63, 3.8) is 0 Å². The van der Waals surface area contributed by atoms with Gasteiger partial charge in [0.2, 0.25) is 6.33 Å². The van der Waals surface area contributed by atoms with Gasteiger partial charge in [-0.1, -0.05) is 0 Å². The number of rotatable bonds is 5. The van der Waals surface area contributed by atoms with Gasteiger partial charge in [0.05, 0.1) is 6.54 Å². The lowest BCUT2D eigenvalue weighted by atomic mass is 10.5. The molecule has 0 atom stereocenters. The number of anilines is 1. The van der Waals surface area contributed by atoms with E-state index in [1.54, 1.807) is 10.8 Å². The second-order valence-corrected chi connectivity index (χ2v) is 4.44. The Morgan fingerprint density at radius 1 is 1.59 bits per heavy atom. The summed E-state index contributed by atoms with van der Waals surface area (Å²) in [6, 6.07) is 0. The van der Waals surface area contributed by atoms with Crippen molar-refractivity contribution in [2.75, 3.05) is 11.9 Å². The summed E-state index contributed by atoms with van der Waals surface area (Å²) >= 11 is 1.53. The Balaban J connectivity index is 2.05. The smallest absolute Gasteiger partial charge is 0.362 e. The summed E-state index contributed by atoms with van der Waals surface area (Å²) < 4.78 is 1.67. The number of aromatic nitrogens is 3. The maximum absolute atomic E-state index is 10.5. The number of nitrogens with zero attached hydrogens (tertiary/aromatic N) is 4. The SMILES string of the molecule is CCNc1ncc(Cn2cnc([N+](=O)[O-])c2)s1. The summed E-state index contributed by atoms with van der Waals surface area (Å²) in [5.74, 6) is -0.138. The Hall–Kier alpha value is -1.96. The van der Waals surface area contributed by atoms with Gasteiger partial charge in [0.15, 0.2) is 5.13 Å². The number of imidazole rings is 1. The molecular formula is C9H11N5O2S. The van der Waals surface area contributed by atoms with Gasteiger partial charge in [-0.2, -0.15) is 0 Å². The van der Waals surface area contributed by atoms with E-state index in [9.17, 15) is 10.1 Å². The van der Waals surface area contributed by atoms with Crippen LogP contribution in [0.1, 0.15) is 11.8 Å². The van der Waals surface area contributed by atoms with Crippen LogP contribution in [0.25, 0.3) is 0 Å². The second-order valence-electron chi connectivity index (χ2n) is 3.32. The number of hydrogen-bond donors (Lipinski definition) is 1. The molecule has 2 heterocycles. The second kappa shape index (κ2) is 4.91. The Labute approximate surface area is 101 Å². The zero-order chi connectivity index (χ0) is 12.3. The lowest BCUT2D eigenvalue weighted by Gasteiger charge is -1.95. The van der Waals surface area contributed by atoms with Crippen LogP contribution in [0.15, 0.2) is 18.7 Å². The predicted molar refractivity (Wildman–Crippen MR) is 64.3 cm³/mol. The van der Waals surface area contributed by atoms with E-state index >= 15 is 0 Å². The molecule has 17 heavy (non-hydrogen) atoms. The molecule has 2 rings (SSSR count). The van der Waals surface area contributed by atoms with Crippen LogP contribution in [0.3, 0.4) is 0 Å². The molecule has 0 saturated carbocycles. The van der Waals surface area contributed by atoms with Crippen molar-refractivity contribution in [1.29, 1.82) is 0 Å². The Kier molecular flexibility index (Phi) is 3.33. The molecular weight excluding hydrogens is 242 g/mol. The molecule has 0 unspecified atom stereocenters. The van der Waals surface area contributed by atoms with Crippen LogP contribution < -0.4 is 5.32 Å². The Morgan fingerprint density at radius 2 is 2.41 bits per heavy atom. The molecule has 2 aromatic rings. The number of nitro groups is 1. The first-order valence-corrected chi connectivity index (χ1v) is 5.85. The van der Waals surface area contributed by atoms with E-state index in [1.165, 1.54) is 23.9 Å². The topological polar surface area (TPSA) is 85.9 Å². The van der Waals surface area contributed by atoms with E-state index in [0.29, 0.717) is 6.54 Å². The van der Waals surface area contributed by atoms with Crippen molar-refractivity contribution in [2.45, 2.75) is 13.5 Å². The summed E-state index contributed by atoms with van der Waals surface area (Å²) in [6.07, 6.45) is 4.62. The van der Waals surface area contributed by atoms with Gasteiger partial charge < -0.3 is 20.0 Å². The number of nitrogens with one attached hydrogen (secondary N) is 1. The molecule has 0 bridgehead atoms. The van der Waals surface area contributed by atoms with E-state index in [-0.39, 0.29) is 5.82 Å². The first-order valence-electron chi connectivity index (χ1n) is 5.03. The van der Waals surface area contributed by atoms with Gasteiger partial charge in [-0.05, 0) is 16.8 Å². The highest BCUT2D eigenvalue weighted by atomic mass is 32.1. The summed E-state index contributed by atoms with van der Waals surface area (Å²) in [6.45, 7) is 3.37. The van der Waals surface area contributed by atoms with Crippen LogP contribution >= 0.6 is 11.3 Å². The molecule has 2 aromatic heterocycles. The van der Waals surface area contributed by atoms with Gasteiger partial charge in [-0.25, -0.2) is 4.98 Å². The monoisotopic (exact) mass is 253 g/mol. The molecule has 1 N–H and O–H groups in total. The molecule has 0 fully saturated rings. The van der Waals surface area contributed by atoms with E-state index in [1.807, 2.05) is 6.92 Å². The molecule has 0 aromatic carbocycles. The zero-order valence-corrected chi connectivity index (χ0v) is 9.98. The average Bonchev–Trinajstić information content (AvgIpc) is 2.89. The molecule has 0 spiro atoms. The average molecular weight is 253 g/mol. The third-order valence-corrected chi connectivity index (χ3v) is 2.97. The van der Waals surface area contributed by atoms with Gasteiger partial charge in [0.1, 0.15) is 6.20 Å². The van der Waals surface area contributed by atoms with Crippen LogP contribution in [-0.4, -0.2) is 26.0 Å². The van der Waals surface area contributed by atoms with Crippen LogP contribution in [0.4, 0.5) is 10.9 Å². The highest BCUT2D eigenvalue weighted by Crippen LogP contribution is 2.19. The standard InChI is InChI=1S/C9H11N5O2S/c1-2-10-9-11-3-7(17-9)4-13-5-8(12-6-13)14(15)16/h3,5-6H,2,4H2,1H3,(H,10,11). The van der Waals surface area contributed by atoms with Gasteiger partial charge in [-0.15, -0.1) is 11.3 Å². The third-order valence-electron chi connectivity index (χ3n) is 2.03. The first-order chi connectivity index (χ1) is 8.19. The normalized spacial score (nSPS) is 10.4. The van der Waals surface area contributed by atoms with E-state index in [2.05, 4.69) is 15.3 Å². The van der Waals surface area contributed by atoms with Crippen LogP contribution in [0.2, 0.25) is 0 Å². The molecule has 90 valence electrons. The molecule has 8 heteroatoms. The highest BCUT2D eigenvalue weighted by Gasteiger charge is 2.10. The summed E-state index contributed by atoms with van der Waals surface area (Å²) in [5.41, 5.74) is 0. The van der Waals surface area contributed by atoms with Crippen LogP contribution in [0, 0.1) is 10.1 Å². The zero-order valence-electron chi connectivity index (χ0n) is 9.16. The number of thiazole rings is 1. The largest absolute Gasteiger partial charge is 0.381 e. The Morgan fingerprint density at radius 3 is 3.06 bits per heavy atom. The fourth-order valence-electron chi connectivity index (χ4n) is 1.32. The minimum absolute atomic E-state index is 0.138. The van der Waals surface area contributed by atoms with Crippen LogP contribution in [0.5, 0.6) is 0 Å². The number of hydrogen-bond acceptors (Lipinski definition) is 6. The van der Waals surface area contributed by atoms with E-state index in [4.69, 9.17) is 0 Å². The van der Waals surface area contributed by atoms with E-state index < -0.39 is 4.92 Å². The van der Waals surface area contributed by atoms with Gasteiger partial charge in [0.25, 0.3) is 0 Å². The fraction of sp³-hybridized carbons (Fsp3) is 0.333.